The minimum Gasteiger partial charge on any atom is -0.463 e. The second-order valence-electron chi connectivity index (χ2n) is 10.1. The van der Waals surface area contributed by atoms with Crippen LogP contribution in [0.25, 0.3) is 17.4 Å². The van der Waals surface area contributed by atoms with Gasteiger partial charge in [0.25, 0.3) is 11.2 Å². The first-order valence-electron chi connectivity index (χ1n) is 13.2. The number of esters is 1. The number of carbonyl (C=O) groups is 1. The van der Waals surface area contributed by atoms with Crippen molar-refractivity contribution in [1.82, 2.24) is 4.57 Å². The molecular formula is C31H29N3O6S. The van der Waals surface area contributed by atoms with Gasteiger partial charge in [-0.05, 0) is 55.5 Å². The van der Waals surface area contributed by atoms with Gasteiger partial charge in [-0.2, -0.15) is 0 Å². The molecule has 5 rings (SSSR count). The Labute approximate surface area is 239 Å². The van der Waals surface area contributed by atoms with Crippen molar-refractivity contribution in [3.63, 3.8) is 0 Å². The number of carbonyl (C=O) groups excluding carboxylic acids is 1. The van der Waals surface area contributed by atoms with Gasteiger partial charge in [0.05, 0.1) is 33.4 Å². The molecule has 0 fully saturated rings. The number of nitrogens with zero attached hydrogens (tertiary/aromatic N) is 3. The monoisotopic (exact) mass is 571 g/mol. The number of thiazole rings is 1. The molecule has 0 saturated carbocycles. The first-order valence-corrected chi connectivity index (χ1v) is 14.1. The van der Waals surface area contributed by atoms with Gasteiger partial charge in [-0.3, -0.25) is 19.5 Å². The van der Waals surface area contributed by atoms with E-state index in [1.54, 1.807) is 38.1 Å². The summed E-state index contributed by atoms with van der Waals surface area (Å²) >= 11 is 1.20. The highest BCUT2D eigenvalue weighted by molar-refractivity contribution is 7.07. The van der Waals surface area contributed by atoms with E-state index in [1.807, 2.05) is 31.2 Å². The highest BCUT2D eigenvalue weighted by Gasteiger charge is 2.33. The van der Waals surface area contributed by atoms with Crippen LogP contribution in [0.3, 0.4) is 0 Å². The van der Waals surface area contributed by atoms with Crippen molar-refractivity contribution in [1.29, 1.82) is 0 Å². The molecule has 3 heterocycles. The largest absolute Gasteiger partial charge is 0.463 e. The van der Waals surface area contributed by atoms with E-state index in [4.69, 9.17) is 9.15 Å². The molecule has 0 radical (unpaired) electrons. The predicted octanol–water partition coefficient (Wildman–Crippen LogP) is 5.40. The fourth-order valence-corrected chi connectivity index (χ4v) is 5.89. The lowest BCUT2D eigenvalue weighted by atomic mass is 9.93. The summed E-state index contributed by atoms with van der Waals surface area (Å²) in [5.74, 6) is 0.685. The molecule has 0 spiro atoms. The third kappa shape index (κ3) is 5.30. The molecule has 0 N–H and O–H groups in total. The first kappa shape index (κ1) is 28.0. The van der Waals surface area contributed by atoms with Gasteiger partial charge < -0.3 is 9.15 Å². The fraction of sp³-hybridized carbons (Fsp3) is 0.258. The zero-order chi connectivity index (χ0) is 29.4. The van der Waals surface area contributed by atoms with E-state index in [1.165, 1.54) is 28.0 Å². The number of nitro benzene ring substituents is 1. The Morgan fingerprint density at radius 1 is 1.17 bits per heavy atom. The Bertz CT molecular complexity index is 1880. The molecule has 2 aromatic carbocycles. The number of nitro groups is 1. The number of aromatic nitrogens is 1. The van der Waals surface area contributed by atoms with Gasteiger partial charge in [-0.1, -0.05) is 55.5 Å². The van der Waals surface area contributed by atoms with Gasteiger partial charge in [-0.15, -0.1) is 0 Å². The summed E-state index contributed by atoms with van der Waals surface area (Å²) in [6.45, 7) is 9.74. The summed E-state index contributed by atoms with van der Waals surface area (Å²) in [6.07, 6.45) is 1.63. The van der Waals surface area contributed by atoms with E-state index in [2.05, 4.69) is 18.8 Å². The molecule has 1 unspecified atom stereocenters. The van der Waals surface area contributed by atoms with E-state index >= 15 is 0 Å². The molecule has 1 aliphatic rings. The van der Waals surface area contributed by atoms with E-state index in [0.29, 0.717) is 43.6 Å². The molecule has 4 aromatic rings. The van der Waals surface area contributed by atoms with Crippen molar-refractivity contribution >= 4 is 29.1 Å². The number of non-ortho nitro benzene ring substituents is 1. The summed E-state index contributed by atoms with van der Waals surface area (Å²) in [7, 11) is 0. The molecule has 9 nitrogen and oxygen atoms in total. The van der Waals surface area contributed by atoms with Gasteiger partial charge in [0, 0.05) is 23.8 Å². The average Bonchev–Trinajstić information content (AvgIpc) is 3.52. The normalized spacial score (nSPS) is 15.2. The summed E-state index contributed by atoms with van der Waals surface area (Å²) in [4.78, 5) is 42.8. The van der Waals surface area contributed by atoms with Crippen molar-refractivity contribution < 1.29 is 18.9 Å². The quantitative estimate of drug-likeness (QED) is 0.167. The third-order valence-electron chi connectivity index (χ3n) is 7.03. The summed E-state index contributed by atoms with van der Waals surface area (Å²) in [5.41, 5.74) is 3.81. The number of hydrogen-bond acceptors (Lipinski definition) is 8. The molecule has 210 valence electrons. The Hall–Kier alpha value is -4.57. The van der Waals surface area contributed by atoms with Gasteiger partial charge in [0.15, 0.2) is 4.80 Å². The summed E-state index contributed by atoms with van der Waals surface area (Å²) in [6, 6.07) is 15.2. The number of rotatable bonds is 7. The van der Waals surface area contributed by atoms with Crippen LogP contribution < -0.4 is 14.9 Å². The minimum absolute atomic E-state index is 0.0361. The van der Waals surface area contributed by atoms with Crippen LogP contribution in [0.2, 0.25) is 0 Å². The zero-order valence-corrected chi connectivity index (χ0v) is 24.2. The van der Waals surface area contributed by atoms with Crippen LogP contribution in [-0.4, -0.2) is 22.1 Å². The lowest BCUT2D eigenvalue weighted by Crippen LogP contribution is -2.39. The van der Waals surface area contributed by atoms with E-state index in [0.717, 1.165) is 16.7 Å². The molecule has 0 aliphatic carbocycles. The SMILES string of the molecule is CCOC(=O)C1=C(C)N=c2sc(=Cc3ccc(-c4cc([N+](=O)[O-])ccc4C)o3)c(=O)n2C1c1ccc(C(C)C)cc1. The Kier molecular flexibility index (Phi) is 7.59. The molecular weight excluding hydrogens is 542 g/mol. The van der Waals surface area contributed by atoms with Crippen LogP contribution >= 0.6 is 11.3 Å². The van der Waals surface area contributed by atoms with Crippen molar-refractivity contribution in [3.05, 3.63) is 118 Å². The lowest BCUT2D eigenvalue weighted by molar-refractivity contribution is -0.384. The second-order valence-corrected chi connectivity index (χ2v) is 11.1. The fourth-order valence-electron chi connectivity index (χ4n) is 4.86. The third-order valence-corrected chi connectivity index (χ3v) is 8.02. The van der Waals surface area contributed by atoms with Crippen LogP contribution in [0, 0.1) is 17.0 Å². The highest BCUT2D eigenvalue weighted by atomic mass is 32.1. The van der Waals surface area contributed by atoms with Crippen LogP contribution in [0.4, 0.5) is 5.69 Å². The van der Waals surface area contributed by atoms with Gasteiger partial charge in [0.2, 0.25) is 0 Å². The number of benzene rings is 2. The van der Waals surface area contributed by atoms with Crippen LogP contribution in [0.1, 0.15) is 62.1 Å². The van der Waals surface area contributed by atoms with E-state index in [9.17, 15) is 19.7 Å². The van der Waals surface area contributed by atoms with Crippen molar-refractivity contribution in [2.45, 2.75) is 46.6 Å². The maximum Gasteiger partial charge on any atom is 0.338 e. The number of allylic oxidation sites excluding steroid dienone is 1. The topological polar surface area (TPSA) is 117 Å². The average molecular weight is 572 g/mol. The summed E-state index contributed by atoms with van der Waals surface area (Å²) in [5, 5.41) is 11.3. The molecule has 1 aliphatic heterocycles. The molecule has 2 aromatic heterocycles. The van der Waals surface area contributed by atoms with Crippen LogP contribution in [0.5, 0.6) is 0 Å². The highest BCUT2D eigenvalue weighted by Crippen LogP contribution is 2.32. The van der Waals surface area contributed by atoms with Crippen molar-refractivity contribution in [2.75, 3.05) is 6.61 Å². The number of ether oxygens (including phenoxy) is 1. The van der Waals surface area contributed by atoms with Crippen molar-refractivity contribution in [2.24, 2.45) is 4.99 Å². The molecule has 41 heavy (non-hydrogen) atoms. The van der Waals surface area contributed by atoms with Crippen LogP contribution in [0.15, 0.2) is 80.1 Å². The maximum atomic E-state index is 13.9. The minimum atomic E-state index is -0.701. The summed E-state index contributed by atoms with van der Waals surface area (Å²) < 4.78 is 13.3. The van der Waals surface area contributed by atoms with E-state index < -0.39 is 16.9 Å². The maximum absolute atomic E-state index is 13.9. The van der Waals surface area contributed by atoms with E-state index in [-0.39, 0.29) is 17.9 Å². The van der Waals surface area contributed by atoms with Crippen molar-refractivity contribution in [3.8, 4) is 11.3 Å². The smallest absolute Gasteiger partial charge is 0.338 e. The molecule has 0 saturated heterocycles. The number of aryl methyl sites for hydroxylation is 1. The molecule has 0 bridgehead atoms. The zero-order valence-electron chi connectivity index (χ0n) is 23.3. The number of fused-ring (bicyclic) bond motifs is 1. The molecule has 10 heteroatoms. The standard InChI is InChI=1S/C31H29N3O6S/c1-6-39-30(36)27-19(5)32-31-33(28(27)21-10-8-20(9-11-21)17(2)3)29(35)26(41-31)16-23-13-14-25(40-23)24-15-22(34(37)38)12-7-18(24)4/h7-17,28H,6H2,1-5H3. The Balaban J connectivity index is 1.62. The Morgan fingerprint density at radius 3 is 2.56 bits per heavy atom. The van der Waals surface area contributed by atoms with Gasteiger partial charge in [-0.25, -0.2) is 9.79 Å². The second kappa shape index (κ2) is 11.1. The molecule has 0 amide bonds. The Morgan fingerprint density at radius 2 is 1.90 bits per heavy atom. The van der Waals surface area contributed by atoms with Gasteiger partial charge >= 0.3 is 5.97 Å². The van der Waals surface area contributed by atoms with Crippen LogP contribution in [-0.2, 0) is 9.53 Å². The predicted molar refractivity (Wildman–Crippen MR) is 156 cm³/mol. The van der Waals surface area contributed by atoms with Gasteiger partial charge in [0.1, 0.15) is 11.5 Å². The lowest BCUT2D eigenvalue weighted by Gasteiger charge is -2.25. The first-order chi connectivity index (χ1) is 19.6. The molecule has 1 atom stereocenters. The number of hydrogen-bond donors (Lipinski definition) is 0. The number of furan rings is 1.